The van der Waals surface area contributed by atoms with E-state index in [0.717, 1.165) is 6.07 Å². The molecule has 0 unspecified atom stereocenters. The fraction of sp³-hybridized carbons (Fsp3) is 0.474. The SMILES string of the molecule is O=C(N[C@H]1C=C[C@H](CC(=O)N2CCOCC2)O[C@H]1CO)c1cccc(F)c1. The van der Waals surface area contributed by atoms with Gasteiger partial charge in [0.15, 0.2) is 0 Å². The number of aliphatic hydroxyl groups excluding tert-OH is 1. The van der Waals surface area contributed by atoms with Crippen LogP contribution in [-0.4, -0.2) is 73.0 Å². The van der Waals surface area contributed by atoms with E-state index in [-0.39, 0.29) is 24.5 Å². The van der Waals surface area contributed by atoms with Crippen molar-refractivity contribution in [3.8, 4) is 0 Å². The predicted octanol–water partition coefficient (Wildman–Crippen LogP) is 0.489. The molecule has 0 bridgehead atoms. The van der Waals surface area contributed by atoms with Crippen molar-refractivity contribution in [2.24, 2.45) is 0 Å². The Hall–Kier alpha value is -2.29. The van der Waals surface area contributed by atoms with E-state index >= 15 is 0 Å². The number of hydrogen-bond donors (Lipinski definition) is 2. The highest BCUT2D eigenvalue weighted by Crippen LogP contribution is 2.17. The minimum Gasteiger partial charge on any atom is -0.394 e. The van der Waals surface area contributed by atoms with Crippen LogP contribution in [0.5, 0.6) is 0 Å². The van der Waals surface area contributed by atoms with Crippen molar-refractivity contribution in [2.45, 2.75) is 24.7 Å². The van der Waals surface area contributed by atoms with Crippen LogP contribution in [0.25, 0.3) is 0 Å². The molecule has 2 N–H and O–H groups in total. The molecule has 2 aliphatic rings. The zero-order valence-electron chi connectivity index (χ0n) is 14.8. The molecule has 146 valence electrons. The second kappa shape index (κ2) is 9.07. The van der Waals surface area contributed by atoms with Crippen LogP contribution in [-0.2, 0) is 14.3 Å². The van der Waals surface area contributed by atoms with Crippen molar-refractivity contribution < 1.29 is 28.6 Å². The first-order valence-corrected chi connectivity index (χ1v) is 8.93. The number of morpholine rings is 1. The maximum absolute atomic E-state index is 13.3. The fourth-order valence-electron chi connectivity index (χ4n) is 3.11. The molecule has 27 heavy (non-hydrogen) atoms. The first kappa shape index (κ1) is 19.5. The molecular weight excluding hydrogens is 355 g/mol. The van der Waals surface area contributed by atoms with Gasteiger partial charge in [-0.2, -0.15) is 0 Å². The Balaban J connectivity index is 1.59. The summed E-state index contributed by atoms with van der Waals surface area (Å²) >= 11 is 0. The number of amides is 2. The molecule has 3 rings (SSSR count). The van der Waals surface area contributed by atoms with E-state index in [2.05, 4.69) is 5.32 Å². The van der Waals surface area contributed by atoms with Crippen LogP contribution < -0.4 is 5.32 Å². The van der Waals surface area contributed by atoms with E-state index in [1.165, 1.54) is 18.2 Å². The number of aliphatic hydroxyl groups is 1. The van der Waals surface area contributed by atoms with E-state index in [9.17, 15) is 19.1 Å². The van der Waals surface area contributed by atoms with Gasteiger partial charge in [0.05, 0.1) is 38.4 Å². The average molecular weight is 378 g/mol. The van der Waals surface area contributed by atoms with Crippen LogP contribution in [0, 0.1) is 5.82 Å². The van der Waals surface area contributed by atoms with Crippen LogP contribution in [0.3, 0.4) is 0 Å². The maximum atomic E-state index is 13.3. The molecule has 1 aromatic carbocycles. The summed E-state index contributed by atoms with van der Waals surface area (Å²) in [5, 5.41) is 12.3. The monoisotopic (exact) mass is 378 g/mol. The summed E-state index contributed by atoms with van der Waals surface area (Å²) < 4.78 is 24.3. The number of carbonyl (C=O) groups is 2. The highest BCUT2D eigenvalue weighted by Gasteiger charge is 2.30. The van der Waals surface area contributed by atoms with E-state index < -0.39 is 30.0 Å². The second-order valence-corrected chi connectivity index (χ2v) is 6.49. The number of rotatable bonds is 5. The second-order valence-electron chi connectivity index (χ2n) is 6.49. The molecule has 2 aliphatic heterocycles. The van der Waals surface area contributed by atoms with Gasteiger partial charge in [0.1, 0.15) is 11.9 Å². The molecule has 1 saturated heterocycles. The Morgan fingerprint density at radius 1 is 1.26 bits per heavy atom. The van der Waals surface area contributed by atoms with Crippen LogP contribution in [0.4, 0.5) is 4.39 Å². The van der Waals surface area contributed by atoms with E-state index in [1.54, 1.807) is 17.1 Å². The molecule has 0 saturated carbocycles. The summed E-state index contributed by atoms with van der Waals surface area (Å²) in [5.74, 6) is -1.00. The van der Waals surface area contributed by atoms with Gasteiger partial charge in [-0.3, -0.25) is 9.59 Å². The molecule has 7 nitrogen and oxygen atoms in total. The molecule has 8 heteroatoms. The topological polar surface area (TPSA) is 88.1 Å². The summed E-state index contributed by atoms with van der Waals surface area (Å²) in [4.78, 5) is 26.3. The van der Waals surface area contributed by atoms with Crippen molar-refractivity contribution in [3.63, 3.8) is 0 Å². The fourth-order valence-corrected chi connectivity index (χ4v) is 3.11. The minimum atomic E-state index is -0.685. The molecule has 3 atom stereocenters. The van der Waals surface area contributed by atoms with Gasteiger partial charge in [0.2, 0.25) is 5.91 Å². The van der Waals surface area contributed by atoms with E-state index in [4.69, 9.17) is 9.47 Å². The third-order valence-corrected chi connectivity index (χ3v) is 4.59. The number of nitrogens with zero attached hydrogens (tertiary/aromatic N) is 1. The Morgan fingerprint density at radius 3 is 2.74 bits per heavy atom. The number of ether oxygens (including phenoxy) is 2. The zero-order valence-corrected chi connectivity index (χ0v) is 14.8. The summed E-state index contributed by atoms with van der Waals surface area (Å²) in [6, 6.07) is 4.78. The lowest BCUT2D eigenvalue weighted by molar-refractivity contribution is -0.139. The lowest BCUT2D eigenvalue weighted by Gasteiger charge is -2.33. The number of benzene rings is 1. The van der Waals surface area contributed by atoms with Crippen LogP contribution >= 0.6 is 0 Å². The number of halogens is 1. The highest BCUT2D eigenvalue weighted by atomic mass is 19.1. The largest absolute Gasteiger partial charge is 0.394 e. The van der Waals surface area contributed by atoms with Crippen LogP contribution in [0.15, 0.2) is 36.4 Å². The molecule has 2 amide bonds. The van der Waals surface area contributed by atoms with Crippen molar-refractivity contribution >= 4 is 11.8 Å². The van der Waals surface area contributed by atoms with Gasteiger partial charge in [-0.1, -0.05) is 18.2 Å². The highest BCUT2D eigenvalue weighted by molar-refractivity contribution is 5.94. The first-order chi connectivity index (χ1) is 13.1. The maximum Gasteiger partial charge on any atom is 0.251 e. The lowest BCUT2D eigenvalue weighted by atomic mass is 10.0. The van der Waals surface area contributed by atoms with Gasteiger partial charge in [0, 0.05) is 18.7 Å². The van der Waals surface area contributed by atoms with Gasteiger partial charge in [0.25, 0.3) is 5.91 Å². The van der Waals surface area contributed by atoms with Crippen LogP contribution in [0.1, 0.15) is 16.8 Å². The third-order valence-electron chi connectivity index (χ3n) is 4.59. The van der Waals surface area contributed by atoms with Crippen molar-refractivity contribution in [2.75, 3.05) is 32.9 Å². The van der Waals surface area contributed by atoms with Crippen LogP contribution in [0.2, 0.25) is 0 Å². The Bertz CT molecular complexity index is 705. The first-order valence-electron chi connectivity index (χ1n) is 8.93. The third kappa shape index (κ3) is 5.12. The summed E-state index contributed by atoms with van der Waals surface area (Å²) in [7, 11) is 0. The Morgan fingerprint density at radius 2 is 2.04 bits per heavy atom. The Kier molecular flexibility index (Phi) is 6.54. The zero-order chi connectivity index (χ0) is 19.2. The number of nitrogens with one attached hydrogen (secondary N) is 1. The van der Waals surface area contributed by atoms with E-state index in [1.807, 2.05) is 0 Å². The molecular formula is C19H23FN2O5. The molecule has 2 heterocycles. The molecule has 0 spiro atoms. The van der Waals surface area contributed by atoms with Gasteiger partial charge < -0.3 is 24.8 Å². The minimum absolute atomic E-state index is 0.0353. The quantitative estimate of drug-likeness (QED) is 0.728. The normalized spacial score (nSPS) is 25.3. The van der Waals surface area contributed by atoms with Crippen molar-refractivity contribution in [3.05, 3.63) is 47.8 Å². The summed E-state index contributed by atoms with van der Waals surface area (Å²) in [5.41, 5.74) is 0.185. The lowest BCUT2D eigenvalue weighted by Crippen LogP contribution is -2.49. The molecule has 0 aromatic heterocycles. The van der Waals surface area contributed by atoms with Gasteiger partial charge >= 0.3 is 0 Å². The number of carbonyl (C=O) groups excluding carboxylic acids is 2. The van der Waals surface area contributed by atoms with E-state index in [0.29, 0.717) is 26.3 Å². The molecule has 1 aromatic rings. The smallest absolute Gasteiger partial charge is 0.251 e. The Labute approximate surface area is 156 Å². The average Bonchev–Trinajstić information content (AvgIpc) is 2.69. The van der Waals surface area contributed by atoms with Gasteiger partial charge in [-0.25, -0.2) is 4.39 Å². The van der Waals surface area contributed by atoms with Crippen molar-refractivity contribution in [1.29, 1.82) is 0 Å². The predicted molar refractivity (Wildman–Crippen MR) is 94.6 cm³/mol. The van der Waals surface area contributed by atoms with Gasteiger partial charge in [-0.05, 0) is 18.2 Å². The summed E-state index contributed by atoms with van der Waals surface area (Å²) in [6.07, 6.45) is 2.42. The standard InChI is InChI=1S/C19H23FN2O5/c20-14-3-1-2-13(10-14)19(25)21-16-5-4-15(27-17(16)12-23)11-18(24)22-6-8-26-9-7-22/h1-5,10,15-17,23H,6-9,11-12H2,(H,21,25)/t15-,16+,17+/m1/s1. The van der Waals surface area contributed by atoms with Gasteiger partial charge in [-0.15, -0.1) is 0 Å². The number of hydrogen-bond acceptors (Lipinski definition) is 5. The summed E-state index contributed by atoms with van der Waals surface area (Å²) in [6.45, 7) is 1.86. The molecule has 0 radical (unpaired) electrons. The van der Waals surface area contributed by atoms with Crippen molar-refractivity contribution in [1.82, 2.24) is 10.2 Å². The molecule has 1 fully saturated rings. The molecule has 0 aliphatic carbocycles.